The first-order chi connectivity index (χ1) is 16.3. The number of halogens is 4. The molecule has 2 N–H and O–H groups in total. The Morgan fingerprint density at radius 3 is 1.82 bits per heavy atom. The van der Waals surface area contributed by atoms with Gasteiger partial charge in [-0.15, -0.1) is 0 Å². The lowest BCUT2D eigenvalue weighted by molar-refractivity contribution is -0.118. The molecule has 0 bridgehead atoms. The number of benzene rings is 3. The molecular weight excluding hydrogens is 456 g/mol. The third-order valence-corrected chi connectivity index (χ3v) is 4.45. The molecule has 3 aromatic rings. The van der Waals surface area contributed by atoms with Gasteiger partial charge >= 0.3 is 6.61 Å². The third-order valence-electron chi connectivity index (χ3n) is 4.45. The molecule has 176 valence electrons. The molecule has 0 heterocycles. The van der Waals surface area contributed by atoms with Crippen LogP contribution in [0.15, 0.2) is 72.3 Å². The SMILES string of the molecule is COc1cc(C=C(C(=O)Nc2ccccc2F)C(=O)Nc2ccccc2F)ccc1OC(F)F. The molecule has 6 nitrogen and oxygen atoms in total. The zero-order valence-corrected chi connectivity index (χ0v) is 17.7. The monoisotopic (exact) mass is 474 g/mol. The number of para-hydroxylation sites is 2. The van der Waals surface area contributed by atoms with Crippen LogP contribution >= 0.6 is 0 Å². The summed E-state index contributed by atoms with van der Waals surface area (Å²) in [7, 11) is 1.22. The van der Waals surface area contributed by atoms with E-state index in [1.54, 1.807) is 0 Å². The molecule has 0 unspecified atom stereocenters. The lowest BCUT2D eigenvalue weighted by Gasteiger charge is -2.13. The van der Waals surface area contributed by atoms with Crippen LogP contribution in [0.4, 0.5) is 28.9 Å². The molecule has 3 rings (SSSR count). The number of methoxy groups -OCH3 is 1. The summed E-state index contributed by atoms with van der Waals surface area (Å²) in [5.41, 5.74) is -0.692. The van der Waals surface area contributed by atoms with E-state index in [1.807, 2.05) is 0 Å². The topological polar surface area (TPSA) is 76.7 Å². The minimum absolute atomic E-state index is 0.0857. The van der Waals surface area contributed by atoms with Gasteiger partial charge in [0.25, 0.3) is 11.8 Å². The van der Waals surface area contributed by atoms with E-state index >= 15 is 0 Å². The molecule has 0 atom stereocenters. The van der Waals surface area contributed by atoms with Crippen molar-refractivity contribution in [1.29, 1.82) is 0 Å². The molecule has 0 aliphatic heterocycles. The lowest BCUT2D eigenvalue weighted by Crippen LogP contribution is -2.26. The molecular formula is C24H18F4N2O4. The zero-order valence-electron chi connectivity index (χ0n) is 17.7. The maximum Gasteiger partial charge on any atom is 0.387 e. The smallest absolute Gasteiger partial charge is 0.387 e. The summed E-state index contributed by atoms with van der Waals surface area (Å²) in [5, 5.41) is 4.57. The number of hydrogen-bond donors (Lipinski definition) is 2. The largest absolute Gasteiger partial charge is 0.493 e. The molecule has 3 aromatic carbocycles. The summed E-state index contributed by atoms with van der Waals surface area (Å²) in [6, 6.07) is 14.3. The second-order valence-corrected chi connectivity index (χ2v) is 6.71. The molecule has 0 saturated carbocycles. The fourth-order valence-corrected chi connectivity index (χ4v) is 2.87. The van der Waals surface area contributed by atoms with Crippen molar-refractivity contribution in [1.82, 2.24) is 0 Å². The highest BCUT2D eigenvalue weighted by atomic mass is 19.3. The van der Waals surface area contributed by atoms with E-state index in [-0.39, 0.29) is 28.4 Å². The summed E-state index contributed by atoms with van der Waals surface area (Å²) in [4.78, 5) is 25.8. The molecule has 10 heteroatoms. The summed E-state index contributed by atoms with van der Waals surface area (Å²) in [6.07, 6.45) is 1.11. The number of rotatable bonds is 8. The van der Waals surface area contributed by atoms with Gasteiger partial charge in [-0.3, -0.25) is 9.59 Å². The van der Waals surface area contributed by atoms with Crippen molar-refractivity contribution in [3.05, 3.63) is 89.5 Å². The molecule has 0 spiro atoms. The minimum Gasteiger partial charge on any atom is -0.493 e. The Morgan fingerprint density at radius 1 is 0.824 bits per heavy atom. The Morgan fingerprint density at radius 2 is 1.35 bits per heavy atom. The molecule has 0 aromatic heterocycles. The Hall–Kier alpha value is -4.34. The van der Waals surface area contributed by atoms with Crippen molar-refractivity contribution in [2.75, 3.05) is 17.7 Å². The molecule has 0 fully saturated rings. The van der Waals surface area contributed by atoms with Gasteiger partial charge in [-0.05, 0) is 48.0 Å². The number of amides is 2. The van der Waals surface area contributed by atoms with Crippen LogP contribution in [0.3, 0.4) is 0 Å². The fraction of sp³-hybridized carbons (Fsp3) is 0.0833. The standard InChI is InChI=1S/C24H18F4N2O4/c1-33-21-13-14(10-11-20(21)34-24(27)28)12-15(22(31)29-18-8-4-2-6-16(18)25)23(32)30-19-9-5-3-7-17(19)26/h2-13,24H,1H3,(H,29,31)(H,30,32). The van der Waals surface area contributed by atoms with Crippen LogP contribution in [-0.4, -0.2) is 25.5 Å². The Labute approximate surface area is 191 Å². The average Bonchev–Trinajstić information content (AvgIpc) is 2.80. The van der Waals surface area contributed by atoms with Gasteiger partial charge in [0, 0.05) is 0 Å². The van der Waals surface area contributed by atoms with E-state index in [0.29, 0.717) is 0 Å². The van der Waals surface area contributed by atoms with Gasteiger partial charge in [0.15, 0.2) is 11.5 Å². The van der Waals surface area contributed by atoms with E-state index in [9.17, 15) is 27.2 Å². The number of anilines is 2. The summed E-state index contributed by atoms with van der Waals surface area (Å²) >= 11 is 0. The molecule has 0 saturated heterocycles. The summed E-state index contributed by atoms with van der Waals surface area (Å²) in [6.45, 7) is -3.09. The Balaban J connectivity index is 1.99. The second-order valence-electron chi connectivity index (χ2n) is 6.71. The van der Waals surface area contributed by atoms with Gasteiger partial charge in [0.2, 0.25) is 0 Å². The highest BCUT2D eigenvalue weighted by Crippen LogP contribution is 2.30. The number of alkyl halides is 2. The minimum atomic E-state index is -3.09. The first-order valence-corrected chi connectivity index (χ1v) is 9.74. The van der Waals surface area contributed by atoms with E-state index in [1.165, 1.54) is 55.6 Å². The first kappa shape index (κ1) is 24.3. The van der Waals surface area contributed by atoms with Gasteiger partial charge in [0.1, 0.15) is 17.2 Å². The third kappa shape index (κ3) is 6.12. The van der Waals surface area contributed by atoms with Crippen LogP contribution in [-0.2, 0) is 9.59 Å². The zero-order chi connectivity index (χ0) is 24.7. The lowest BCUT2D eigenvalue weighted by atomic mass is 10.1. The molecule has 0 aliphatic rings. The van der Waals surface area contributed by atoms with Crippen molar-refractivity contribution in [3.63, 3.8) is 0 Å². The molecule has 34 heavy (non-hydrogen) atoms. The second kappa shape index (κ2) is 11.0. The van der Waals surface area contributed by atoms with E-state index in [2.05, 4.69) is 15.4 Å². The van der Waals surface area contributed by atoms with Crippen LogP contribution in [0, 0.1) is 11.6 Å². The number of hydrogen-bond acceptors (Lipinski definition) is 4. The highest BCUT2D eigenvalue weighted by Gasteiger charge is 2.21. The normalized spacial score (nSPS) is 10.4. The van der Waals surface area contributed by atoms with Crippen LogP contribution < -0.4 is 20.1 Å². The van der Waals surface area contributed by atoms with E-state index < -0.39 is 35.6 Å². The van der Waals surface area contributed by atoms with Crippen LogP contribution in [0.25, 0.3) is 6.08 Å². The average molecular weight is 474 g/mol. The van der Waals surface area contributed by atoms with Gasteiger partial charge in [0.05, 0.1) is 18.5 Å². The first-order valence-electron chi connectivity index (χ1n) is 9.74. The van der Waals surface area contributed by atoms with E-state index in [0.717, 1.165) is 24.3 Å². The van der Waals surface area contributed by atoms with Crippen LogP contribution in [0.2, 0.25) is 0 Å². The van der Waals surface area contributed by atoms with Gasteiger partial charge in [-0.25, -0.2) is 8.78 Å². The van der Waals surface area contributed by atoms with Crippen LogP contribution in [0.5, 0.6) is 11.5 Å². The van der Waals surface area contributed by atoms with E-state index in [4.69, 9.17) is 4.74 Å². The fourth-order valence-electron chi connectivity index (χ4n) is 2.87. The quantitative estimate of drug-likeness (QED) is 0.203. The van der Waals surface area contributed by atoms with Crippen molar-refractivity contribution >= 4 is 29.3 Å². The van der Waals surface area contributed by atoms with Crippen LogP contribution in [0.1, 0.15) is 5.56 Å². The number of ether oxygens (including phenoxy) is 2. The maximum atomic E-state index is 14.0. The highest BCUT2D eigenvalue weighted by molar-refractivity contribution is 6.28. The maximum absolute atomic E-state index is 14.0. The van der Waals surface area contributed by atoms with Crippen molar-refractivity contribution in [2.45, 2.75) is 6.61 Å². The predicted molar refractivity (Wildman–Crippen MR) is 118 cm³/mol. The van der Waals surface area contributed by atoms with Gasteiger partial charge < -0.3 is 20.1 Å². The molecule has 0 aliphatic carbocycles. The van der Waals surface area contributed by atoms with Gasteiger partial charge in [-0.1, -0.05) is 30.3 Å². The van der Waals surface area contributed by atoms with Crippen molar-refractivity contribution in [2.24, 2.45) is 0 Å². The Bertz CT molecular complexity index is 1170. The Kier molecular flexibility index (Phi) is 7.86. The van der Waals surface area contributed by atoms with Crippen molar-refractivity contribution in [3.8, 4) is 11.5 Å². The molecule has 0 radical (unpaired) electrons. The number of carbonyl (C=O) groups is 2. The van der Waals surface area contributed by atoms with Gasteiger partial charge in [-0.2, -0.15) is 8.78 Å². The predicted octanol–water partition coefficient (Wildman–Crippen LogP) is 5.24. The number of carbonyl (C=O) groups excluding carboxylic acids is 2. The molecule has 2 amide bonds. The van der Waals surface area contributed by atoms with Crippen molar-refractivity contribution < 1.29 is 36.6 Å². The summed E-state index contributed by atoms with van der Waals surface area (Å²) in [5.74, 6) is -3.81. The number of nitrogens with one attached hydrogen (secondary N) is 2. The summed E-state index contributed by atoms with van der Waals surface area (Å²) < 4.78 is 62.6.